The van der Waals surface area contributed by atoms with E-state index >= 15 is 0 Å². The zero-order chi connectivity index (χ0) is 18.5. The fourth-order valence-corrected chi connectivity index (χ4v) is 7.86. The summed E-state index contributed by atoms with van der Waals surface area (Å²) >= 11 is 7.48. The Bertz CT molecular complexity index is 963. The second-order valence-corrected chi connectivity index (χ2v) is 10.2. The Morgan fingerprint density at radius 3 is 2.54 bits per heavy atom. The minimum Gasteiger partial charge on any atom is -0.490 e. The number of thioether (sulfide) groups is 1. The normalized spacial score (nSPS) is 25.1. The fraction of sp³-hybridized carbons (Fsp3) is 0.333. The first-order chi connectivity index (χ1) is 12.4. The van der Waals surface area contributed by atoms with Gasteiger partial charge < -0.3 is 4.74 Å². The number of hydrogen-bond donors (Lipinski definition) is 0. The predicted molar refractivity (Wildman–Crippen MR) is 97.6 cm³/mol. The smallest absolute Gasteiger partial charge is 0.188 e. The Balaban J connectivity index is 2.02. The van der Waals surface area contributed by atoms with Crippen molar-refractivity contribution in [2.45, 2.75) is 16.1 Å². The van der Waals surface area contributed by atoms with Crippen molar-refractivity contribution in [3.05, 3.63) is 58.6 Å². The van der Waals surface area contributed by atoms with Gasteiger partial charge in [-0.05, 0) is 48.6 Å². The van der Waals surface area contributed by atoms with E-state index < -0.39 is 32.1 Å². The van der Waals surface area contributed by atoms with Crippen LogP contribution in [-0.4, -0.2) is 26.5 Å². The van der Waals surface area contributed by atoms with Crippen molar-refractivity contribution in [1.29, 1.82) is 0 Å². The summed E-state index contributed by atoms with van der Waals surface area (Å²) in [5.74, 6) is -1.21. The molecule has 3 nitrogen and oxygen atoms in total. The van der Waals surface area contributed by atoms with Crippen LogP contribution < -0.4 is 4.74 Å². The highest BCUT2D eigenvalue weighted by atomic mass is 35.5. The predicted octanol–water partition coefficient (Wildman–Crippen LogP) is 4.43. The first-order valence-electron chi connectivity index (χ1n) is 8.07. The molecular formula is C18H15ClF2O3S2. The minimum atomic E-state index is -4.01. The molecule has 0 aromatic heterocycles. The monoisotopic (exact) mass is 416 g/mol. The van der Waals surface area contributed by atoms with E-state index in [0.717, 1.165) is 12.1 Å². The van der Waals surface area contributed by atoms with Crippen molar-refractivity contribution in [1.82, 2.24) is 0 Å². The summed E-state index contributed by atoms with van der Waals surface area (Å²) in [6, 6.07) is 7.74. The van der Waals surface area contributed by atoms with Crippen LogP contribution in [0.3, 0.4) is 0 Å². The molecule has 2 aliphatic rings. The quantitative estimate of drug-likeness (QED) is 0.726. The van der Waals surface area contributed by atoms with E-state index in [9.17, 15) is 17.2 Å². The van der Waals surface area contributed by atoms with Gasteiger partial charge in [0.1, 0.15) is 10.6 Å². The van der Waals surface area contributed by atoms with Crippen LogP contribution in [0.1, 0.15) is 12.0 Å². The fourth-order valence-electron chi connectivity index (χ4n) is 3.86. The maximum Gasteiger partial charge on any atom is 0.188 e. The molecule has 2 aliphatic heterocycles. The van der Waals surface area contributed by atoms with Gasteiger partial charge in [0.05, 0.1) is 17.1 Å². The molecule has 2 aromatic rings. The molecule has 4 rings (SSSR count). The third-order valence-electron chi connectivity index (χ3n) is 5.11. The molecule has 0 radical (unpaired) electrons. The van der Waals surface area contributed by atoms with E-state index in [1.54, 1.807) is 11.8 Å². The van der Waals surface area contributed by atoms with Gasteiger partial charge in [-0.1, -0.05) is 11.6 Å². The highest BCUT2D eigenvalue weighted by Gasteiger charge is 2.58. The molecule has 2 aromatic carbocycles. The number of rotatable bonds is 2. The summed E-state index contributed by atoms with van der Waals surface area (Å²) in [7, 11) is -4.01. The van der Waals surface area contributed by atoms with Gasteiger partial charge in [0, 0.05) is 16.7 Å². The first kappa shape index (κ1) is 18.1. The number of sulfone groups is 1. The van der Waals surface area contributed by atoms with Crippen LogP contribution in [0.5, 0.6) is 5.75 Å². The number of benzene rings is 2. The van der Waals surface area contributed by atoms with Gasteiger partial charge in [0.2, 0.25) is 0 Å². The molecule has 1 saturated heterocycles. The van der Waals surface area contributed by atoms with Gasteiger partial charge in [-0.2, -0.15) is 11.8 Å². The largest absolute Gasteiger partial charge is 0.490 e. The lowest BCUT2D eigenvalue weighted by molar-refractivity contribution is 0.169. The van der Waals surface area contributed by atoms with Crippen molar-refractivity contribution < 1.29 is 21.9 Å². The summed E-state index contributed by atoms with van der Waals surface area (Å²) in [5, 5.41) is 0.404. The summed E-state index contributed by atoms with van der Waals surface area (Å²) < 4.78 is 60.4. The lowest BCUT2D eigenvalue weighted by Gasteiger charge is -2.46. The second kappa shape index (κ2) is 6.39. The zero-order valence-corrected chi connectivity index (χ0v) is 15.9. The SMILES string of the molecule is O=S(=O)(c1ccc(Cl)cc1)C12CCSCC1COc1c(F)ccc(F)c12. The second-order valence-electron chi connectivity index (χ2n) is 6.41. The van der Waals surface area contributed by atoms with Crippen molar-refractivity contribution >= 4 is 33.2 Å². The molecule has 1 fully saturated rings. The van der Waals surface area contributed by atoms with Crippen LogP contribution >= 0.6 is 23.4 Å². The maximum atomic E-state index is 14.8. The standard InChI is InChI=1S/C18H15ClF2O3S2/c19-12-1-3-13(4-2-12)26(22,23)18-7-8-25-10-11(18)9-24-17-15(21)6-5-14(20)16(17)18/h1-6,11H,7-10H2. The van der Waals surface area contributed by atoms with E-state index in [0.29, 0.717) is 16.5 Å². The van der Waals surface area contributed by atoms with E-state index in [1.165, 1.54) is 24.3 Å². The molecule has 0 bridgehead atoms. The average Bonchev–Trinajstić information content (AvgIpc) is 2.64. The Morgan fingerprint density at radius 1 is 1.12 bits per heavy atom. The van der Waals surface area contributed by atoms with Crippen LogP contribution in [0.25, 0.3) is 0 Å². The average molecular weight is 417 g/mol. The van der Waals surface area contributed by atoms with Crippen molar-refractivity contribution in [3.8, 4) is 5.75 Å². The summed E-state index contributed by atoms with van der Waals surface area (Å²) in [4.78, 5) is 0.0512. The molecule has 138 valence electrons. The third kappa shape index (κ3) is 2.47. The van der Waals surface area contributed by atoms with Gasteiger partial charge in [-0.3, -0.25) is 0 Å². The molecular weight excluding hydrogens is 402 g/mol. The van der Waals surface area contributed by atoms with Gasteiger partial charge >= 0.3 is 0 Å². The molecule has 0 amide bonds. The molecule has 2 heterocycles. The third-order valence-corrected chi connectivity index (χ3v) is 9.09. The van der Waals surface area contributed by atoms with Crippen molar-refractivity contribution in [3.63, 3.8) is 0 Å². The van der Waals surface area contributed by atoms with Gasteiger partial charge in [0.15, 0.2) is 21.4 Å². The van der Waals surface area contributed by atoms with Crippen LogP contribution in [-0.2, 0) is 14.6 Å². The Labute approximate surface area is 159 Å². The lowest BCUT2D eigenvalue weighted by atomic mass is 9.81. The molecule has 8 heteroatoms. The molecule has 0 saturated carbocycles. The highest BCUT2D eigenvalue weighted by Crippen LogP contribution is 2.55. The summed E-state index contributed by atoms with van der Waals surface area (Å²) in [5.41, 5.74) is -0.177. The molecule has 26 heavy (non-hydrogen) atoms. The topological polar surface area (TPSA) is 43.4 Å². The molecule has 0 N–H and O–H groups in total. The van der Waals surface area contributed by atoms with E-state index in [1.807, 2.05) is 0 Å². The molecule has 2 atom stereocenters. The molecule has 2 unspecified atom stereocenters. The van der Waals surface area contributed by atoms with Crippen LogP contribution in [0.4, 0.5) is 8.78 Å². The lowest BCUT2D eigenvalue weighted by Crippen LogP contribution is -2.52. The zero-order valence-electron chi connectivity index (χ0n) is 13.5. The van der Waals surface area contributed by atoms with Gasteiger partial charge in [-0.15, -0.1) is 0 Å². The Morgan fingerprint density at radius 2 is 1.81 bits per heavy atom. The van der Waals surface area contributed by atoms with E-state index in [4.69, 9.17) is 16.3 Å². The van der Waals surface area contributed by atoms with Gasteiger partial charge in [0.25, 0.3) is 0 Å². The Kier molecular flexibility index (Phi) is 4.44. The van der Waals surface area contributed by atoms with Crippen LogP contribution in [0.2, 0.25) is 5.02 Å². The van der Waals surface area contributed by atoms with Gasteiger partial charge in [-0.25, -0.2) is 17.2 Å². The maximum absolute atomic E-state index is 14.8. The summed E-state index contributed by atoms with van der Waals surface area (Å²) in [6.45, 7) is 0.0349. The van der Waals surface area contributed by atoms with Crippen LogP contribution in [0, 0.1) is 17.6 Å². The number of halogens is 3. The first-order valence-corrected chi connectivity index (χ1v) is 11.1. The molecule has 0 spiro atoms. The number of fused-ring (bicyclic) bond motifs is 3. The van der Waals surface area contributed by atoms with Crippen molar-refractivity contribution in [2.24, 2.45) is 5.92 Å². The van der Waals surface area contributed by atoms with E-state index in [2.05, 4.69) is 0 Å². The molecule has 0 aliphatic carbocycles. The van der Waals surface area contributed by atoms with E-state index in [-0.39, 0.29) is 29.2 Å². The number of ether oxygens (including phenoxy) is 1. The highest BCUT2D eigenvalue weighted by molar-refractivity contribution is 7.99. The summed E-state index contributed by atoms with van der Waals surface area (Å²) in [6.07, 6.45) is 0.198. The van der Waals surface area contributed by atoms with Crippen LogP contribution in [0.15, 0.2) is 41.3 Å². The number of hydrogen-bond acceptors (Lipinski definition) is 4. The van der Waals surface area contributed by atoms with Crippen molar-refractivity contribution in [2.75, 3.05) is 18.1 Å². The minimum absolute atomic E-state index is 0.0349. The Hall–Kier alpha value is -1.31.